The normalized spacial score (nSPS) is 17.1. The van der Waals surface area contributed by atoms with Crippen LogP contribution in [0.2, 0.25) is 0 Å². The number of carbonyl (C=O) groups is 1. The number of nitrogens with zero attached hydrogens (tertiary/aromatic N) is 3. The maximum absolute atomic E-state index is 12.9. The molecule has 1 amide bonds. The maximum atomic E-state index is 12.9. The highest BCUT2D eigenvalue weighted by atomic mass is 32.2. The van der Waals surface area contributed by atoms with Gasteiger partial charge in [0.2, 0.25) is 10.0 Å². The van der Waals surface area contributed by atoms with Crippen LogP contribution in [-0.2, 0) is 21.3 Å². The molecule has 3 aromatic rings. The standard InChI is InChI=1S/C23H23N3O6S2/c1-2-7-26-18-14-19-20(32-13-12-31-19)15-21(18)33-23(26)24-22(27)16-3-5-17(6-4-16)34(28,29)25-8-10-30-11-9-25/h2-6,14-15H,1,7-13H2. The van der Waals surface area contributed by atoms with Crippen LogP contribution in [0, 0.1) is 0 Å². The SMILES string of the molecule is C=CCn1c(=NC(=O)c2ccc(S(=O)(=O)N3CCOCC3)cc2)sc2cc3c(cc21)OCCO3. The number of morpholine rings is 1. The van der Waals surface area contributed by atoms with E-state index in [9.17, 15) is 13.2 Å². The van der Waals surface area contributed by atoms with Crippen LogP contribution >= 0.6 is 11.3 Å². The Kier molecular flexibility index (Phi) is 6.26. The lowest BCUT2D eigenvalue weighted by molar-refractivity contribution is 0.0730. The molecule has 178 valence electrons. The third-order valence-corrected chi connectivity index (χ3v) is 8.52. The molecule has 0 saturated carbocycles. The molecule has 0 aliphatic carbocycles. The van der Waals surface area contributed by atoms with Crippen LogP contribution in [0.25, 0.3) is 10.2 Å². The minimum atomic E-state index is -3.63. The van der Waals surface area contributed by atoms with Crippen LogP contribution in [0.3, 0.4) is 0 Å². The second-order valence-corrected chi connectivity index (χ2v) is 10.7. The summed E-state index contributed by atoms with van der Waals surface area (Å²) in [5, 5.41) is 0. The average Bonchev–Trinajstić information content (AvgIpc) is 3.19. The highest BCUT2D eigenvalue weighted by molar-refractivity contribution is 7.89. The van der Waals surface area contributed by atoms with Gasteiger partial charge in [0.05, 0.1) is 28.3 Å². The summed E-state index contributed by atoms with van der Waals surface area (Å²) in [7, 11) is -3.63. The van der Waals surface area contributed by atoms with Gasteiger partial charge in [0.25, 0.3) is 5.91 Å². The Morgan fingerprint density at radius 1 is 1.06 bits per heavy atom. The summed E-state index contributed by atoms with van der Waals surface area (Å²) in [5.74, 6) is 0.863. The number of sulfonamides is 1. The van der Waals surface area contributed by atoms with E-state index in [1.807, 2.05) is 16.7 Å². The highest BCUT2D eigenvalue weighted by Crippen LogP contribution is 2.35. The summed E-state index contributed by atoms with van der Waals surface area (Å²) in [4.78, 5) is 17.9. The molecule has 11 heteroatoms. The molecule has 0 radical (unpaired) electrons. The van der Waals surface area contributed by atoms with Gasteiger partial charge < -0.3 is 18.8 Å². The summed E-state index contributed by atoms with van der Waals surface area (Å²) in [6.45, 7) is 6.61. The van der Waals surface area contributed by atoms with Gasteiger partial charge in [-0.25, -0.2) is 8.42 Å². The highest BCUT2D eigenvalue weighted by Gasteiger charge is 2.26. The molecule has 1 saturated heterocycles. The van der Waals surface area contributed by atoms with Gasteiger partial charge in [-0.15, -0.1) is 6.58 Å². The van der Waals surface area contributed by atoms with Crippen molar-refractivity contribution < 1.29 is 27.4 Å². The first-order chi connectivity index (χ1) is 16.5. The van der Waals surface area contributed by atoms with Crippen LogP contribution in [0.15, 0.2) is 58.9 Å². The molecule has 0 bridgehead atoms. The summed E-state index contributed by atoms with van der Waals surface area (Å²) in [6.07, 6.45) is 1.73. The summed E-state index contributed by atoms with van der Waals surface area (Å²) in [6, 6.07) is 9.65. The number of ether oxygens (including phenoxy) is 3. The van der Waals surface area contributed by atoms with Crippen molar-refractivity contribution in [2.24, 2.45) is 4.99 Å². The van der Waals surface area contributed by atoms with Crippen molar-refractivity contribution in [2.45, 2.75) is 11.4 Å². The third-order valence-electron chi connectivity index (χ3n) is 5.56. The Labute approximate surface area is 200 Å². The Morgan fingerprint density at radius 2 is 1.74 bits per heavy atom. The van der Waals surface area contributed by atoms with E-state index in [-0.39, 0.29) is 4.90 Å². The molecule has 34 heavy (non-hydrogen) atoms. The number of benzene rings is 2. The van der Waals surface area contributed by atoms with E-state index in [0.29, 0.717) is 67.9 Å². The number of fused-ring (bicyclic) bond motifs is 2. The fourth-order valence-electron chi connectivity index (χ4n) is 3.85. The van der Waals surface area contributed by atoms with Gasteiger partial charge in [0, 0.05) is 37.3 Å². The summed E-state index contributed by atoms with van der Waals surface area (Å²) in [5.41, 5.74) is 1.17. The molecule has 1 aromatic heterocycles. The first kappa shape index (κ1) is 22.8. The van der Waals surface area contributed by atoms with Crippen molar-refractivity contribution in [3.8, 4) is 11.5 Å². The number of thiazole rings is 1. The zero-order valence-corrected chi connectivity index (χ0v) is 19.9. The van der Waals surface area contributed by atoms with E-state index < -0.39 is 15.9 Å². The minimum absolute atomic E-state index is 0.139. The van der Waals surface area contributed by atoms with Crippen LogP contribution in [0.1, 0.15) is 10.4 Å². The zero-order chi connectivity index (χ0) is 23.7. The molecular weight excluding hydrogens is 478 g/mol. The molecule has 5 rings (SSSR count). The molecule has 0 spiro atoms. The van der Waals surface area contributed by atoms with Gasteiger partial charge in [-0.3, -0.25) is 4.79 Å². The number of aromatic nitrogens is 1. The molecule has 0 unspecified atom stereocenters. The van der Waals surface area contributed by atoms with Crippen molar-refractivity contribution in [2.75, 3.05) is 39.5 Å². The number of amides is 1. The third kappa shape index (κ3) is 4.27. The summed E-state index contributed by atoms with van der Waals surface area (Å²) >= 11 is 1.36. The first-order valence-electron chi connectivity index (χ1n) is 10.8. The number of hydrogen-bond donors (Lipinski definition) is 0. The minimum Gasteiger partial charge on any atom is -0.486 e. The lowest BCUT2D eigenvalue weighted by Gasteiger charge is -2.26. The van der Waals surface area contributed by atoms with Gasteiger partial charge in [-0.05, 0) is 24.3 Å². The molecule has 2 aliphatic rings. The quantitative estimate of drug-likeness (QED) is 0.498. The van der Waals surface area contributed by atoms with E-state index in [4.69, 9.17) is 14.2 Å². The second kappa shape index (κ2) is 9.34. The molecule has 9 nitrogen and oxygen atoms in total. The van der Waals surface area contributed by atoms with Crippen molar-refractivity contribution in [3.05, 3.63) is 59.4 Å². The predicted molar refractivity (Wildman–Crippen MR) is 127 cm³/mol. The fourth-order valence-corrected chi connectivity index (χ4v) is 6.31. The number of allylic oxidation sites excluding steroid dienone is 1. The smallest absolute Gasteiger partial charge is 0.279 e. The van der Waals surface area contributed by atoms with Crippen LogP contribution in [0.4, 0.5) is 0 Å². The monoisotopic (exact) mass is 501 g/mol. The zero-order valence-electron chi connectivity index (χ0n) is 18.3. The van der Waals surface area contributed by atoms with E-state index in [2.05, 4.69) is 11.6 Å². The number of hydrogen-bond acceptors (Lipinski definition) is 7. The maximum Gasteiger partial charge on any atom is 0.279 e. The Bertz CT molecular complexity index is 1420. The molecule has 2 aliphatic heterocycles. The van der Waals surface area contributed by atoms with Crippen LogP contribution in [0.5, 0.6) is 11.5 Å². The van der Waals surface area contributed by atoms with Gasteiger partial charge in [0.1, 0.15) is 13.2 Å². The Balaban J connectivity index is 1.47. The molecular formula is C23H23N3O6S2. The number of carbonyl (C=O) groups excluding carboxylic acids is 1. The van der Waals surface area contributed by atoms with Crippen molar-refractivity contribution in [1.82, 2.24) is 8.87 Å². The van der Waals surface area contributed by atoms with E-state index in [0.717, 1.165) is 10.2 Å². The van der Waals surface area contributed by atoms with Crippen molar-refractivity contribution in [3.63, 3.8) is 0 Å². The van der Waals surface area contributed by atoms with E-state index in [1.165, 1.54) is 39.9 Å². The summed E-state index contributed by atoms with van der Waals surface area (Å²) < 4.78 is 46.4. The fraction of sp³-hybridized carbons (Fsp3) is 0.304. The van der Waals surface area contributed by atoms with Gasteiger partial charge in [-0.2, -0.15) is 9.30 Å². The van der Waals surface area contributed by atoms with Crippen LogP contribution < -0.4 is 14.3 Å². The van der Waals surface area contributed by atoms with E-state index >= 15 is 0 Å². The Morgan fingerprint density at radius 3 is 2.41 bits per heavy atom. The largest absolute Gasteiger partial charge is 0.486 e. The lowest BCUT2D eigenvalue weighted by Crippen LogP contribution is -2.40. The van der Waals surface area contributed by atoms with Gasteiger partial charge in [0.15, 0.2) is 16.3 Å². The molecule has 1 fully saturated rings. The molecule has 0 N–H and O–H groups in total. The molecule has 0 atom stereocenters. The first-order valence-corrected chi connectivity index (χ1v) is 13.0. The topological polar surface area (TPSA) is 99.4 Å². The average molecular weight is 502 g/mol. The van der Waals surface area contributed by atoms with Crippen molar-refractivity contribution >= 4 is 37.5 Å². The molecule has 2 aromatic carbocycles. The van der Waals surface area contributed by atoms with E-state index in [1.54, 1.807) is 6.08 Å². The van der Waals surface area contributed by atoms with Crippen LogP contribution in [-0.4, -0.2) is 62.7 Å². The van der Waals surface area contributed by atoms with Gasteiger partial charge in [-0.1, -0.05) is 17.4 Å². The predicted octanol–water partition coefficient (Wildman–Crippen LogP) is 2.42. The second-order valence-electron chi connectivity index (χ2n) is 7.71. The van der Waals surface area contributed by atoms with Crippen molar-refractivity contribution in [1.29, 1.82) is 0 Å². The molecule has 3 heterocycles. The number of rotatable bonds is 5. The lowest BCUT2D eigenvalue weighted by atomic mass is 10.2. The Hall–Kier alpha value is -2.99. The van der Waals surface area contributed by atoms with Gasteiger partial charge >= 0.3 is 0 Å².